The lowest BCUT2D eigenvalue weighted by Crippen LogP contribution is -2.35. The van der Waals surface area contributed by atoms with E-state index >= 15 is 0 Å². The molecule has 2 N–H and O–H groups in total. The summed E-state index contributed by atoms with van der Waals surface area (Å²) in [5.74, 6) is 0.939. The molecule has 1 aliphatic heterocycles. The van der Waals surface area contributed by atoms with Crippen molar-refractivity contribution in [3.05, 3.63) is 40.3 Å². The van der Waals surface area contributed by atoms with Crippen LogP contribution < -0.4 is 5.32 Å². The molecular formula is C14H16BrN3O. The number of aryl methyl sites for hydroxylation is 1. The van der Waals surface area contributed by atoms with Crippen molar-refractivity contribution < 1.29 is 4.74 Å². The van der Waals surface area contributed by atoms with Gasteiger partial charge in [-0.2, -0.15) is 0 Å². The molecule has 0 radical (unpaired) electrons. The molecule has 0 saturated carbocycles. The summed E-state index contributed by atoms with van der Waals surface area (Å²) in [6.07, 6.45) is 1.89. The van der Waals surface area contributed by atoms with Crippen LogP contribution in [-0.2, 0) is 4.74 Å². The van der Waals surface area contributed by atoms with Gasteiger partial charge in [0.15, 0.2) is 0 Å². The van der Waals surface area contributed by atoms with Crippen molar-refractivity contribution in [1.82, 2.24) is 15.3 Å². The lowest BCUT2D eigenvalue weighted by molar-refractivity contribution is 0.0745. The van der Waals surface area contributed by atoms with Crippen LogP contribution in [0.2, 0.25) is 0 Å². The number of aromatic nitrogens is 2. The van der Waals surface area contributed by atoms with E-state index in [1.807, 2.05) is 12.3 Å². The van der Waals surface area contributed by atoms with Gasteiger partial charge in [-0.05, 0) is 24.6 Å². The van der Waals surface area contributed by atoms with E-state index in [9.17, 15) is 0 Å². The fourth-order valence-electron chi connectivity index (χ4n) is 2.28. The van der Waals surface area contributed by atoms with E-state index in [0.29, 0.717) is 6.61 Å². The molecule has 3 rings (SSSR count). The number of hydrogen-bond donors (Lipinski definition) is 2. The minimum absolute atomic E-state index is 0.162. The Hall–Kier alpha value is -1.17. The van der Waals surface area contributed by atoms with Crippen molar-refractivity contribution in [2.45, 2.75) is 13.0 Å². The van der Waals surface area contributed by atoms with Gasteiger partial charge < -0.3 is 15.0 Å². The molecule has 1 aromatic carbocycles. The second-order valence-electron chi connectivity index (χ2n) is 4.72. The van der Waals surface area contributed by atoms with Gasteiger partial charge in [0.05, 0.1) is 31.1 Å². The lowest BCUT2D eigenvalue weighted by atomic mass is 10.1. The maximum atomic E-state index is 5.46. The number of ether oxygens (including phenoxy) is 1. The standard InChI is InChI=1S/C14H16BrN3O/c1-9-2-3-10(15)6-11(9)12-7-17-14(18-12)13-8-19-5-4-16-13/h2-3,6-7,13,16H,4-5,8H2,1H3,(H,17,18). The molecule has 1 unspecified atom stereocenters. The zero-order valence-electron chi connectivity index (χ0n) is 10.7. The number of imidazole rings is 1. The quantitative estimate of drug-likeness (QED) is 0.894. The van der Waals surface area contributed by atoms with Crippen LogP contribution in [0.5, 0.6) is 0 Å². The second-order valence-corrected chi connectivity index (χ2v) is 5.64. The first-order valence-electron chi connectivity index (χ1n) is 6.36. The predicted octanol–water partition coefficient (Wildman–Crippen LogP) is 2.81. The van der Waals surface area contributed by atoms with Crippen LogP contribution in [0.1, 0.15) is 17.4 Å². The molecular weight excluding hydrogens is 306 g/mol. The zero-order chi connectivity index (χ0) is 13.2. The topological polar surface area (TPSA) is 49.9 Å². The summed E-state index contributed by atoms with van der Waals surface area (Å²) < 4.78 is 6.54. The number of rotatable bonds is 2. The van der Waals surface area contributed by atoms with E-state index in [-0.39, 0.29) is 6.04 Å². The van der Waals surface area contributed by atoms with Gasteiger partial charge in [0.1, 0.15) is 5.82 Å². The monoisotopic (exact) mass is 321 g/mol. The van der Waals surface area contributed by atoms with Gasteiger partial charge >= 0.3 is 0 Å². The van der Waals surface area contributed by atoms with Crippen molar-refractivity contribution in [2.75, 3.05) is 19.8 Å². The molecule has 1 atom stereocenters. The van der Waals surface area contributed by atoms with Crippen LogP contribution in [-0.4, -0.2) is 29.7 Å². The molecule has 0 bridgehead atoms. The van der Waals surface area contributed by atoms with Gasteiger partial charge in [0.25, 0.3) is 0 Å². The average molecular weight is 322 g/mol. The Morgan fingerprint density at radius 2 is 2.32 bits per heavy atom. The molecule has 19 heavy (non-hydrogen) atoms. The van der Waals surface area contributed by atoms with E-state index < -0.39 is 0 Å². The van der Waals surface area contributed by atoms with Gasteiger partial charge in [-0.25, -0.2) is 4.98 Å². The van der Waals surface area contributed by atoms with Gasteiger partial charge in [-0.1, -0.05) is 22.0 Å². The summed E-state index contributed by atoms with van der Waals surface area (Å²) in [6, 6.07) is 6.42. The SMILES string of the molecule is Cc1ccc(Br)cc1-c1cnc(C2COCCN2)[nH]1. The number of halogens is 1. The summed E-state index contributed by atoms with van der Waals surface area (Å²) >= 11 is 3.51. The van der Waals surface area contributed by atoms with Gasteiger partial charge in [0.2, 0.25) is 0 Å². The van der Waals surface area contributed by atoms with Gasteiger partial charge in [0, 0.05) is 16.6 Å². The van der Waals surface area contributed by atoms with Crippen LogP contribution in [0.3, 0.4) is 0 Å². The Morgan fingerprint density at radius 1 is 1.42 bits per heavy atom. The van der Waals surface area contributed by atoms with Crippen molar-refractivity contribution in [1.29, 1.82) is 0 Å². The molecule has 1 saturated heterocycles. The third-order valence-electron chi connectivity index (χ3n) is 3.34. The van der Waals surface area contributed by atoms with Crippen LogP contribution in [0.4, 0.5) is 0 Å². The van der Waals surface area contributed by atoms with E-state index in [0.717, 1.165) is 29.1 Å². The van der Waals surface area contributed by atoms with Crippen LogP contribution in [0.15, 0.2) is 28.9 Å². The molecule has 2 aromatic rings. The molecule has 4 nitrogen and oxygen atoms in total. The smallest absolute Gasteiger partial charge is 0.126 e. The normalized spacial score (nSPS) is 19.6. The van der Waals surface area contributed by atoms with Crippen LogP contribution >= 0.6 is 15.9 Å². The average Bonchev–Trinajstić information content (AvgIpc) is 2.92. The molecule has 5 heteroatoms. The highest BCUT2D eigenvalue weighted by molar-refractivity contribution is 9.10. The summed E-state index contributed by atoms with van der Waals surface area (Å²) in [4.78, 5) is 7.87. The first-order chi connectivity index (χ1) is 9.24. The largest absolute Gasteiger partial charge is 0.378 e. The molecule has 100 valence electrons. The van der Waals surface area contributed by atoms with E-state index in [1.54, 1.807) is 0 Å². The summed E-state index contributed by atoms with van der Waals surface area (Å²) in [7, 11) is 0. The fraction of sp³-hybridized carbons (Fsp3) is 0.357. The summed E-state index contributed by atoms with van der Waals surface area (Å²) in [5, 5.41) is 3.40. The van der Waals surface area contributed by atoms with Gasteiger partial charge in [-0.15, -0.1) is 0 Å². The molecule has 1 aliphatic rings. The van der Waals surface area contributed by atoms with Crippen molar-refractivity contribution in [2.24, 2.45) is 0 Å². The number of benzene rings is 1. The third kappa shape index (κ3) is 2.73. The molecule has 0 spiro atoms. The Morgan fingerprint density at radius 3 is 3.11 bits per heavy atom. The third-order valence-corrected chi connectivity index (χ3v) is 3.83. The Balaban J connectivity index is 1.89. The highest BCUT2D eigenvalue weighted by Gasteiger charge is 2.18. The maximum absolute atomic E-state index is 5.46. The number of hydrogen-bond acceptors (Lipinski definition) is 3. The highest BCUT2D eigenvalue weighted by Crippen LogP contribution is 2.26. The minimum Gasteiger partial charge on any atom is -0.378 e. The predicted molar refractivity (Wildman–Crippen MR) is 78.0 cm³/mol. The lowest BCUT2D eigenvalue weighted by Gasteiger charge is -2.21. The van der Waals surface area contributed by atoms with Crippen LogP contribution in [0.25, 0.3) is 11.3 Å². The van der Waals surface area contributed by atoms with E-state index in [1.165, 1.54) is 11.1 Å². The minimum atomic E-state index is 0.162. The number of morpholine rings is 1. The van der Waals surface area contributed by atoms with Crippen LogP contribution in [0, 0.1) is 6.92 Å². The molecule has 2 heterocycles. The fourth-order valence-corrected chi connectivity index (χ4v) is 2.64. The number of aromatic amines is 1. The first kappa shape index (κ1) is 12.8. The number of nitrogens with zero attached hydrogens (tertiary/aromatic N) is 1. The number of nitrogens with one attached hydrogen (secondary N) is 2. The summed E-state index contributed by atoms with van der Waals surface area (Å²) in [5.41, 5.74) is 3.44. The molecule has 0 aliphatic carbocycles. The van der Waals surface area contributed by atoms with Crippen molar-refractivity contribution in [3.63, 3.8) is 0 Å². The highest BCUT2D eigenvalue weighted by atomic mass is 79.9. The maximum Gasteiger partial charge on any atom is 0.126 e. The summed E-state index contributed by atoms with van der Waals surface area (Å²) in [6.45, 7) is 4.42. The van der Waals surface area contributed by atoms with E-state index in [2.05, 4.69) is 50.3 Å². The van der Waals surface area contributed by atoms with Crippen molar-refractivity contribution in [3.8, 4) is 11.3 Å². The Kier molecular flexibility index (Phi) is 3.68. The van der Waals surface area contributed by atoms with Crippen molar-refractivity contribution >= 4 is 15.9 Å². The Labute approximate surface area is 120 Å². The number of H-pyrrole nitrogens is 1. The second kappa shape index (κ2) is 5.45. The zero-order valence-corrected chi connectivity index (χ0v) is 12.3. The Bertz CT molecular complexity index is 576. The molecule has 1 aromatic heterocycles. The molecule has 1 fully saturated rings. The molecule has 0 amide bonds. The van der Waals surface area contributed by atoms with Gasteiger partial charge in [-0.3, -0.25) is 0 Å². The van der Waals surface area contributed by atoms with E-state index in [4.69, 9.17) is 4.74 Å². The first-order valence-corrected chi connectivity index (χ1v) is 7.16.